The Morgan fingerprint density at radius 1 is 1.23 bits per heavy atom. The number of carbonyl (C=O) groups is 1. The van der Waals surface area contributed by atoms with Crippen molar-refractivity contribution in [3.63, 3.8) is 0 Å². The Balaban J connectivity index is 1.65. The Kier molecular flexibility index (Phi) is 6.96. The van der Waals surface area contributed by atoms with E-state index in [4.69, 9.17) is 5.11 Å². The Morgan fingerprint density at radius 3 is 2.59 bits per heavy atom. The van der Waals surface area contributed by atoms with Crippen LogP contribution in [0.4, 0.5) is 4.79 Å². The maximum atomic E-state index is 12.1. The lowest BCUT2D eigenvalue weighted by molar-refractivity contribution is 0.173. The second kappa shape index (κ2) is 8.73. The monoisotopic (exact) mass is 311 g/mol. The Bertz CT molecular complexity index is 341. The third kappa shape index (κ3) is 5.43. The molecular weight excluding hydrogens is 278 g/mol. The van der Waals surface area contributed by atoms with Gasteiger partial charge in [-0.15, -0.1) is 0 Å². The van der Waals surface area contributed by atoms with Crippen molar-refractivity contribution in [2.24, 2.45) is 11.8 Å². The number of aliphatic hydroxyl groups excluding tert-OH is 1. The third-order valence-corrected chi connectivity index (χ3v) is 5.04. The molecule has 0 bridgehead atoms. The maximum absolute atomic E-state index is 12.1. The highest BCUT2D eigenvalue weighted by Crippen LogP contribution is 2.23. The molecule has 1 aliphatic carbocycles. The van der Waals surface area contributed by atoms with Crippen LogP contribution in [0.15, 0.2) is 0 Å². The second-order valence-electron chi connectivity index (χ2n) is 7.44. The van der Waals surface area contributed by atoms with E-state index < -0.39 is 0 Å². The molecule has 2 aliphatic rings. The minimum absolute atomic E-state index is 0.0242. The summed E-state index contributed by atoms with van der Waals surface area (Å²) < 4.78 is 0. The summed E-state index contributed by atoms with van der Waals surface area (Å²) in [5.41, 5.74) is 0. The summed E-state index contributed by atoms with van der Waals surface area (Å²) in [6.45, 7) is 7.82. The number of rotatable bonds is 6. The molecule has 0 aromatic rings. The fourth-order valence-corrected chi connectivity index (χ4v) is 3.77. The molecule has 1 saturated heterocycles. The fraction of sp³-hybridized carbons (Fsp3) is 0.941. The number of amides is 2. The van der Waals surface area contributed by atoms with Crippen LogP contribution >= 0.6 is 0 Å². The van der Waals surface area contributed by atoms with E-state index in [-0.39, 0.29) is 18.7 Å². The van der Waals surface area contributed by atoms with Gasteiger partial charge in [0, 0.05) is 31.8 Å². The number of likely N-dealkylation sites (tertiary alicyclic amines) is 1. The number of aliphatic hydroxyl groups is 1. The Morgan fingerprint density at radius 2 is 1.95 bits per heavy atom. The number of carbonyl (C=O) groups excluding carboxylic acids is 1. The minimum atomic E-state index is -0.0242. The van der Waals surface area contributed by atoms with Crippen LogP contribution in [0.2, 0.25) is 0 Å². The number of nitrogens with one attached hydrogen (secondary N) is 2. The fourth-order valence-electron chi connectivity index (χ4n) is 3.77. The molecule has 2 fully saturated rings. The van der Waals surface area contributed by atoms with E-state index >= 15 is 0 Å². The number of hydrogen-bond acceptors (Lipinski definition) is 3. The molecule has 1 atom stereocenters. The van der Waals surface area contributed by atoms with Gasteiger partial charge in [0.25, 0.3) is 0 Å². The third-order valence-electron chi connectivity index (χ3n) is 5.04. The van der Waals surface area contributed by atoms with Crippen LogP contribution in [0.1, 0.15) is 52.4 Å². The lowest BCUT2D eigenvalue weighted by atomic mass is 9.87. The van der Waals surface area contributed by atoms with Crippen LogP contribution in [0.25, 0.3) is 0 Å². The molecule has 0 radical (unpaired) electrons. The highest BCUT2D eigenvalue weighted by molar-refractivity contribution is 5.74. The summed E-state index contributed by atoms with van der Waals surface area (Å²) in [4.78, 5) is 14.6. The SMILES string of the molecule is CC(C)CN1CCC[C@H]1CNC(=O)NC1CCC(CO)CC1. The summed E-state index contributed by atoms with van der Waals surface area (Å²) in [5, 5.41) is 15.3. The van der Waals surface area contributed by atoms with Crippen LogP contribution in [0.5, 0.6) is 0 Å². The molecule has 1 heterocycles. The predicted molar refractivity (Wildman–Crippen MR) is 88.8 cm³/mol. The van der Waals surface area contributed by atoms with E-state index in [1.807, 2.05) is 0 Å². The van der Waals surface area contributed by atoms with Crippen LogP contribution in [-0.2, 0) is 0 Å². The van der Waals surface area contributed by atoms with Crippen LogP contribution in [-0.4, -0.2) is 54.4 Å². The molecule has 0 unspecified atom stereocenters. The quantitative estimate of drug-likeness (QED) is 0.702. The van der Waals surface area contributed by atoms with Gasteiger partial charge in [-0.25, -0.2) is 4.79 Å². The van der Waals surface area contributed by atoms with Crippen molar-refractivity contribution in [3.05, 3.63) is 0 Å². The summed E-state index contributed by atoms with van der Waals surface area (Å²) >= 11 is 0. The Hall–Kier alpha value is -0.810. The van der Waals surface area contributed by atoms with E-state index in [2.05, 4.69) is 29.4 Å². The molecule has 2 amide bonds. The summed E-state index contributed by atoms with van der Waals surface area (Å²) in [6.07, 6.45) is 6.45. The molecule has 5 nitrogen and oxygen atoms in total. The van der Waals surface area contributed by atoms with Gasteiger partial charge >= 0.3 is 6.03 Å². The molecular formula is C17H33N3O2. The topological polar surface area (TPSA) is 64.6 Å². The van der Waals surface area contributed by atoms with Crippen LogP contribution in [0, 0.1) is 11.8 Å². The largest absolute Gasteiger partial charge is 0.396 e. The number of urea groups is 1. The van der Waals surface area contributed by atoms with Crippen molar-refractivity contribution in [1.29, 1.82) is 0 Å². The van der Waals surface area contributed by atoms with Gasteiger partial charge in [0.15, 0.2) is 0 Å². The van der Waals surface area contributed by atoms with Crippen molar-refractivity contribution in [2.45, 2.75) is 64.5 Å². The van der Waals surface area contributed by atoms with Crippen LogP contribution < -0.4 is 10.6 Å². The highest BCUT2D eigenvalue weighted by atomic mass is 16.3. The average molecular weight is 311 g/mol. The predicted octanol–water partition coefficient (Wildman–Crippen LogP) is 1.96. The lowest BCUT2D eigenvalue weighted by Crippen LogP contribution is -2.48. The zero-order chi connectivity index (χ0) is 15.9. The van der Waals surface area contributed by atoms with Crippen molar-refractivity contribution in [3.8, 4) is 0 Å². The molecule has 1 aliphatic heterocycles. The molecule has 22 heavy (non-hydrogen) atoms. The highest BCUT2D eigenvalue weighted by Gasteiger charge is 2.26. The number of hydrogen-bond donors (Lipinski definition) is 3. The first kappa shape index (κ1) is 17.5. The first-order valence-electron chi connectivity index (χ1n) is 8.97. The molecule has 1 saturated carbocycles. The van der Waals surface area contributed by atoms with Crippen LogP contribution in [0.3, 0.4) is 0 Å². The molecule has 0 aromatic carbocycles. The van der Waals surface area contributed by atoms with Gasteiger partial charge in [-0.3, -0.25) is 4.90 Å². The first-order valence-corrected chi connectivity index (χ1v) is 8.97. The van der Waals surface area contributed by atoms with Gasteiger partial charge < -0.3 is 15.7 Å². The van der Waals surface area contributed by atoms with Gasteiger partial charge in [-0.1, -0.05) is 13.8 Å². The van der Waals surface area contributed by atoms with Gasteiger partial charge in [-0.05, 0) is 56.9 Å². The zero-order valence-corrected chi connectivity index (χ0v) is 14.2. The summed E-state index contributed by atoms with van der Waals surface area (Å²) in [6, 6.07) is 0.750. The van der Waals surface area contributed by atoms with E-state index in [0.717, 1.165) is 45.3 Å². The van der Waals surface area contributed by atoms with Crippen molar-refractivity contribution < 1.29 is 9.90 Å². The summed E-state index contributed by atoms with van der Waals surface area (Å²) in [5.74, 6) is 1.11. The first-order chi connectivity index (χ1) is 10.6. The van der Waals surface area contributed by atoms with Gasteiger partial charge in [0.1, 0.15) is 0 Å². The van der Waals surface area contributed by atoms with E-state index in [9.17, 15) is 4.79 Å². The van der Waals surface area contributed by atoms with E-state index in [1.54, 1.807) is 0 Å². The smallest absolute Gasteiger partial charge is 0.315 e. The standard InChI is InChI=1S/C17H33N3O2/c1-13(2)11-20-9-3-4-16(20)10-18-17(22)19-15-7-5-14(12-21)6-8-15/h13-16,21H,3-12H2,1-2H3,(H2,18,19,22)/t14?,15?,16-/m0/s1. The van der Waals surface area contributed by atoms with Gasteiger partial charge in [0.2, 0.25) is 0 Å². The average Bonchev–Trinajstić information content (AvgIpc) is 2.92. The normalized spacial score (nSPS) is 29.7. The van der Waals surface area contributed by atoms with E-state index in [1.165, 1.54) is 12.8 Å². The molecule has 128 valence electrons. The van der Waals surface area contributed by atoms with Gasteiger partial charge in [-0.2, -0.15) is 0 Å². The second-order valence-corrected chi connectivity index (χ2v) is 7.44. The molecule has 0 aromatic heterocycles. The molecule has 3 N–H and O–H groups in total. The zero-order valence-electron chi connectivity index (χ0n) is 14.2. The van der Waals surface area contributed by atoms with Crippen molar-refractivity contribution in [1.82, 2.24) is 15.5 Å². The number of nitrogens with zero attached hydrogens (tertiary/aromatic N) is 1. The van der Waals surface area contributed by atoms with Crippen molar-refractivity contribution in [2.75, 3.05) is 26.2 Å². The maximum Gasteiger partial charge on any atom is 0.315 e. The molecule has 2 rings (SSSR count). The van der Waals surface area contributed by atoms with Gasteiger partial charge in [0.05, 0.1) is 0 Å². The molecule has 5 heteroatoms. The van der Waals surface area contributed by atoms with Crippen molar-refractivity contribution >= 4 is 6.03 Å². The van der Waals surface area contributed by atoms with E-state index in [0.29, 0.717) is 17.9 Å². The minimum Gasteiger partial charge on any atom is -0.396 e. The Labute approximate surface area is 134 Å². The lowest BCUT2D eigenvalue weighted by Gasteiger charge is -2.29. The summed E-state index contributed by atoms with van der Waals surface area (Å²) in [7, 11) is 0. The molecule has 0 spiro atoms.